The summed E-state index contributed by atoms with van der Waals surface area (Å²) in [5.41, 5.74) is 8.23. The van der Waals surface area contributed by atoms with E-state index < -0.39 is 0 Å². The van der Waals surface area contributed by atoms with Gasteiger partial charge in [-0.1, -0.05) is 55.8 Å². The van der Waals surface area contributed by atoms with Crippen LogP contribution in [0.3, 0.4) is 0 Å². The molecule has 3 N–H and O–H groups in total. The van der Waals surface area contributed by atoms with Crippen LogP contribution < -0.4 is 15.8 Å². The van der Waals surface area contributed by atoms with Crippen molar-refractivity contribution in [1.29, 1.82) is 0 Å². The van der Waals surface area contributed by atoms with Crippen molar-refractivity contribution in [2.75, 3.05) is 13.2 Å². The summed E-state index contributed by atoms with van der Waals surface area (Å²) in [5, 5.41) is 2.94. The topological polar surface area (TPSA) is 64.3 Å². The van der Waals surface area contributed by atoms with Crippen LogP contribution in [-0.4, -0.2) is 19.1 Å². The van der Waals surface area contributed by atoms with Gasteiger partial charge in [-0.3, -0.25) is 4.79 Å². The first-order valence-corrected chi connectivity index (χ1v) is 8.98. The maximum absolute atomic E-state index is 12.0. The van der Waals surface area contributed by atoms with Gasteiger partial charge in [-0.25, -0.2) is 0 Å². The lowest BCUT2D eigenvalue weighted by atomic mass is 10.0. The number of nitrogens with one attached hydrogen (secondary N) is 1. The molecule has 0 saturated carbocycles. The standard InChI is InChI=1S/C21H28N2O2/c1-2-3-15-25-19-11-9-17(10-12-19)13-14-23-21(24)16-20(22)18-7-5-4-6-8-18/h4-12,20H,2-3,13-16,22H2,1H3,(H,23,24). The monoisotopic (exact) mass is 340 g/mol. The Morgan fingerprint density at radius 2 is 1.84 bits per heavy atom. The predicted molar refractivity (Wildman–Crippen MR) is 102 cm³/mol. The summed E-state index contributed by atoms with van der Waals surface area (Å²) in [6, 6.07) is 17.5. The molecule has 0 saturated heterocycles. The average Bonchev–Trinajstić information content (AvgIpc) is 2.64. The minimum Gasteiger partial charge on any atom is -0.494 e. The lowest BCUT2D eigenvalue weighted by Crippen LogP contribution is -2.29. The summed E-state index contributed by atoms with van der Waals surface area (Å²) < 4.78 is 5.65. The Morgan fingerprint density at radius 1 is 1.12 bits per heavy atom. The largest absolute Gasteiger partial charge is 0.494 e. The van der Waals surface area contributed by atoms with Gasteiger partial charge in [-0.05, 0) is 36.1 Å². The van der Waals surface area contributed by atoms with E-state index in [1.165, 1.54) is 5.56 Å². The fraction of sp³-hybridized carbons (Fsp3) is 0.381. The van der Waals surface area contributed by atoms with Gasteiger partial charge in [0, 0.05) is 19.0 Å². The zero-order chi connectivity index (χ0) is 17.9. The second-order valence-corrected chi connectivity index (χ2v) is 6.17. The second kappa shape index (κ2) is 10.5. The number of unbranched alkanes of at least 4 members (excludes halogenated alkanes) is 1. The molecule has 2 aromatic rings. The molecule has 0 fully saturated rings. The molecule has 2 rings (SSSR count). The molecule has 0 heterocycles. The van der Waals surface area contributed by atoms with Crippen molar-refractivity contribution in [3.63, 3.8) is 0 Å². The van der Waals surface area contributed by atoms with Gasteiger partial charge in [0.1, 0.15) is 5.75 Å². The number of hydrogen-bond donors (Lipinski definition) is 2. The fourth-order valence-corrected chi connectivity index (χ4v) is 2.52. The van der Waals surface area contributed by atoms with E-state index in [4.69, 9.17) is 10.5 Å². The van der Waals surface area contributed by atoms with E-state index in [1.54, 1.807) is 0 Å². The fourth-order valence-electron chi connectivity index (χ4n) is 2.52. The van der Waals surface area contributed by atoms with Crippen LogP contribution in [-0.2, 0) is 11.2 Å². The molecule has 2 aromatic carbocycles. The first-order valence-electron chi connectivity index (χ1n) is 8.98. The number of amides is 1. The van der Waals surface area contributed by atoms with Crippen LogP contribution in [0.1, 0.15) is 43.4 Å². The highest BCUT2D eigenvalue weighted by Crippen LogP contribution is 2.14. The number of hydrogen-bond acceptors (Lipinski definition) is 3. The van der Waals surface area contributed by atoms with Crippen molar-refractivity contribution in [1.82, 2.24) is 5.32 Å². The van der Waals surface area contributed by atoms with Crippen LogP contribution in [0.15, 0.2) is 54.6 Å². The Kier molecular flexibility index (Phi) is 7.99. The van der Waals surface area contributed by atoms with Gasteiger partial charge < -0.3 is 15.8 Å². The van der Waals surface area contributed by atoms with Crippen LogP contribution in [0.5, 0.6) is 5.75 Å². The number of rotatable bonds is 10. The van der Waals surface area contributed by atoms with Crippen molar-refractivity contribution < 1.29 is 9.53 Å². The summed E-state index contributed by atoms with van der Waals surface area (Å²) in [6.07, 6.45) is 3.29. The summed E-state index contributed by atoms with van der Waals surface area (Å²) in [4.78, 5) is 12.0. The van der Waals surface area contributed by atoms with Crippen molar-refractivity contribution in [2.24, 2.45) is 5.73 Å². The molecule has 0 aliphatic rings. The molecule has 1 amide bonds. The van der Waals surface area contributed by atoms with E-state index in [0.717, 1.165) is 37.2 Å². The van der Waals surface area contributed by atoms with Gasteiger partial charge in [0.15, 0.2) is 0 Å². The van der Waals surface area contributed by atoms with Gasteiger partial charge in [-0.15, -0.1) is 0 Å². The first kappa shape index (κ1) is 19.0. The molecule has 134 valence electrons. The molecule has 4 nitrogen and oxygen atoms in total. The molecule has 0 bridgehead atoms. The predicted octanol–water partition coefficient (Wildman–Crippen LogP) is 3.61. The van der Waals surface area contributed by atoms with Crippen LogP contribution >= 0.6 is 0 Å². The Morgan fingerprint density at radius 3 is 2.52 bits per heavy atom. The maximum atomic E-state index is 12.0. The molecule has 4 heteroatoms. The van der Waals surface area contributed by atoms with E-state index in [0.29, 0.717) is 13.0 Å². The Labute approximate surface area is 150 Å². The summed E-state index contributed by atoms with van der Waals surface area (Å²) >= 11 is 0. The third-order valence-electron chi connectivity index (χ3n) is 4.06. The van der Waals surface area contributed by atoms with Crippen molar-refractivity contribution in [2.45, 2.75) is 38.6 Å². The van der Waals surface area contributed by atoms with Gasteiger partial charge >= 0.3 is 0 Å². The molecule has 0 spiro atoms. The van der Waals surface area contributed by atoms with E-state index in [9.17, 15) is 4.79 Å². The summed E-state index contributed by atoms with van der Waals surface area (Å²) in [5.74, 6) is 0.881. The number of ether oxygens (including phenoxy) is 1. The van der Waals surface area contributed by atoms with Gasteiger partial charge in [0.05, 0.1) is 6.61 Å². The van der Waals surface area contributed by atoms with Crippen LogP contribution in [0.2, 0.25) is 0 Å². The Balaban J connectivity index is 1.68. The van der Waals surface area contributed by atoms with E-state index in [2.05, 4.69) is 12.2 Å². The van der Waals surface area contributed by atoms with Crippen LogP contribution in [0.4, 0.5) is 0 Å². The van der Waals surface area contributed by atoms with Gasteiger partial charge in [0.2, 0.25) is 5.91 Å². The highest BCUT2D eigenvalue weighted by molar-refractivity contribution is 5.76. The lowest BCUT2D eigenvalue weighted by Gasteiger charge is -2.12. The molecular formula is C21H28N2O2. The number of nitrogens with two attached hydrogens (primary N) is 1. The van der Waals surface area contributed by atoms with Crippen molar-refractivity contribution in [3.8, 4) is 5.75 Å². The normalized spacial score (nSPS) is 11.8. The molecular weight excluding hydrogens is 312 g/mol. The number of carbonyl (C=O) groups is 1. The molecule has 25 heavy (non-hydrogen) atoms. The van der Waals surface area contributed by atoms with Crippen LogP contribution in [0.25, 0.3) is 0 Å². The zero-order valence-electron chi connectivity index (χ0n) is 14.9. The molecule has 1 atom stereocenters. The maximum Gasteiger partial charge on any atom is 0.221 e. The number of carbonyl (C=O) groups excluding carboxylic acids is 1. The highest BCUT2D eigenvalue weighted by atomic mass is 16.5. The van der Waals surface area contributed by atoms with Crippen LogP contribution in [0, 0.1) is 0 Å². The minimum atomic E-state index is -0.263. The summed E-state index contributed by atoms with van der Waals surface area (Å²) in [6.45, 7) is 3.51. The molecule has 0 aliphatic heterocycles. The average molecular weight is 340 g/mol. The van der Waals surface area contributed by atoms with Gasteiger partial charge in [-0.2, -0.15) is 0 Å². The quantitative estimate of drug-likeness (QED) is 0.649. The zero-order valence-corrected chi connectivity index (χ0v) is 14.9. The molecule has 0 radical (unpaired) electrons. The molecule has 1 unspecified atom stereocenters. The Bertz CT molecular complexity index is 626. The third kappa shape index (κ3) is 6.98. The highest BCUT2D eigenvalue weighted by Gasteiger charge is 2.10. The van der Waals surface area contributed by atoms with Crippen molar-refractivity contribution in [3.05, 3.63) is 65.7 Å². The number of benzene rings is 2. The molecule has 0 aromatic heterocycles. The summed E-state index contributed by atoms with van der Waals surface area (Å²) in [7, 11) is 0. The molecule has 0 aliphatic carbocycles. The SMILES string of the molecule is CCCCOc1ccc(CCNC(=O)CC(N)c2ccccc2)cc1. The van der Waals surface area contributed by atoms with E-state index in [1.807, 2.05) is 54.6 Å². The minimum absolute atomic E-state index is 0.0177. The van der Waals surface area contributed by atoms with Gasteiger partial charge in [0.25, 0.3) is 0 Å². The van der Waals surface area contributed by atoms with E-state index in [-0.39, 0.29) is 11.9 Å². The lowest BCUT2D eigenvalue weighted by molar-refractivity contribution is -0.121. The van der Waals surface area contributed by atoms with Crippen molar-refractivity contribution >= 4 is 5.91 Å². The third-order valence-corrected chi connectivity index (χ3v) is 4.06. The Hall–Kier alpha value is -2.33. The smallest absolute Gasteiger partial charge is 0.221 e. The van der Waals surface area contributed by atoms with E-state index >= 15 is 0 Å². The first-order chi connectivity index (χ1) is 12.2. The second-order valence-electron chi connectivity index (χ2n) is 6.17.